The first-order valence-corrected chi connectivity index (χ1v) is 8.71. The van der Waals surface area contributed by atoms with Crippen LogP contribution < -0.4 is 10.2 Å². The lowest BCUT2D eigenvalue weighted by Gasteiger charge is -2.41. The first-order valence-electron chi connectivity index (χ1n) is 7.96. The van der Waals surface area contributed by atoms with Crippen molar-refractivity contribution in [1.82, 2.24) is 20.3 Å². The van der Waals surface area contributed by atoms with Crippen LogP contribution in [0.1, 0.15) is 26.7 Å². The minimum atomic E-state index is -0.706. The first kappa shape index (κ1) is 18.1. The van der Waals surface area contributed by atoms with Gasteiger partial charge in [-0.15, -0.1) is 0 Å². The Morgan fingerprint density at radius 2 is 2.20 bits per heavy atom. The highest BCUT2D eigenvalue weighted by atomic mass is 35.5. The van der Waals surface area contributed by atoms with Gasteiger partial charge in [0, 0.05) is 38.2 Å². The molecule has 0 aromatic carbocycles. The van der Waals surface area contributed by atoms with Crippen LogP contribution in [0, 0.1) is 11.2 Å². The van der Waals surface area contributed by atoms with Crippen molar-refractivity contribution >= 4 is 45.8 Å². The Morgan fingerprint density at radius 1 is 1.44 bits per heavy atom. The zero-order chi connectivity index (χ0) is 18.2. The van der Waals surface area contributed by atoms with Crippen LogP contribution in [-0.2, 0) is 4.79 Å². The van der Waals surface area contributed by atoms with Crippen LogP contribution in [0.3, 0.4) is 0 Å². The number of hydrogen-bond acceptors (Lipinski definition) is 5. The maximum atomic E-state index is 14.3. The number of fused-ring (bicyclic) bond motifs is 1. The molecule has 1 atom stereocenters. The molecular formula is C16H18Cl2FN5O. The molecule has 1 N–H and O–H groups in total. The van der Waals surface area contributed by atoms with E-state index < -0.39 is 5.82 Å². The number of carbonyl (C=O) groups excluding carboxylic acids is 1. The summed E-state index contributed by atoms with van der Waals surface area (Å²) in [5.74, 6) is -0.232. The van der Waals surface area contributed by atoms with Gasteiger partial charge >= 0.3 is 0 Å². The summed E-state index contributed by atoms with van der Waals surface area (Å²) in [5, 5.41) is 3.05. The van der Waals surface area contributed by atoms with Crippen LogP contribution in [0.4, 0.5) is 10.2 Å². The van der Waals surface area contributed by atoms with Gasteiger partial charge in [0.1, 0.15) is 11.3 Å². The number of hydrogen-bond donors (Lipinski definition) is 1. The second-order valence-corrected chi connectivity index (χ2v) is 7.38. The molecule has 1 saturated heterocycles. The van der Waals surface area contributed by atoms with Gasteiger partial charge in [-0.05, 0) is 24.4 Å². The van der Waals surface area contributed by atoms with Gasteiger partial charge < -0.3 is 10.2 Å². The zero-order valence-corrected chi connectivity index (χ0v) is 15.5. The fraction of sp³-hybridized carbons (Fsp3) is 0.500. The van der Waals surface area contributed by atoms with Crippen molar-refractivity contribution in [1.29, 1.82) is 0 Å². The molecule has 2 aromatic heterocycles. The molecule has 2 aromatic rings. The third-order valence-electron chi connectivity index (χ3n) is 4.44. The van der Waals surface area contributed by atoms with E-state index >= 15 is 0 Å². The van der Waals surface area contributed by atoms with E-state index in [0.29, 0.717) is 24.3 Å². The zero-order valence-electron chi connectivity index (χ0n) is 13.9. The van der Waals surface area contributed by atoms with E-state index in [9.17, 15) is 9.18 Å². The monoisotopic (exact) mass is 385 g/mol. The second kappa shape index (κ2) is 6.88. The molecule has 3 rings (SSSR count). The number of nitrogens with one attached hydrogen (secondary N) is 1. The van der Waals surface area contributed by atoms with E-state index in [0.717, 1.165) is 19.4 Å². The molecule has 3 heterocycles. The molecule has 0 radical (unpaired) electrons. The molecular weight excluding hydrogens is 368 g/mol. The quantitative estimate of drug-likeness (QED) is 0.648. The van der Waals surface area contributed by atoms with Gasteiger partial charge in [0.05, 0.1) is 5.39 Å². The minimum absolute atomic E-state index is 0.0437. The number of anilines is 1. The topological polar surface area (TPSA) is 71.0 Å². The van der Waals surface area contributed by atoms with Crippen molar-refractivity contribution in [2.75, 3.05) is 24.5 Å². The van der Waals surface area contributed by atoms with Crippen molar-refractivity contribution in [2.45, 2.75) is 26.7 Å². The third kappa shape index (κ3) is 3.77. The van der Waals surface area contributed by atoms with Crippen LogP contribution in [0.25, 0.3) is 10.9 Å². The van der Waals surface area contributed by atoms with Crippen LogP contribution in [0.2, 0.25) is 10.4 Å². The average molecular weight is 386 g/mol. The summed E-state index contributed by atoms with van der Waals surface area (Å²) >= 11 is 11.8. The molecule has 25 heavy (non-hydrogen) atoms. The summed E-state index contributed by atoms with van der Waals surface area (Å²) in [6.45, 7) is 5.58. The van der Waals surface area contributed by atoms with Gasteiger partial charge in [-0.1, -0.05) is 18.5 Å². The highest BCUT2D eigenvalue weighted by Crippen LogP contribution is 2.35. The number of rotatable bonds is 3. The minimum Gasteiger partial charge on any atom is -0.356 e. The van der Waals surface area contributed by atoms with Gasteiger partial charge in [0.2, 0.25) is 11.2 Å². The summed E-state index contributed by atoms with van der Waals surface area (Å²) < 4.78 is 14.3. The van der Waals surface area contributed by atoms with Gasteiger partial charge in [-0.3, -0.25) is 4.79 Å². The van der Waals surface area contributed by atoms with E-state index in [4.69, 9.17) is 23.2 Å². The number of amides is 1. The van der Waals surface area contributed by atoms with Crippen molar-refractivity contribution in [3.8, 4) is 0 Å². The van der Waals surface area contributed by atoms with Gasteiger partial charge in [-0.2, -0.15) is 4.98 Å². The van der Waals surface area contributed by atoms with E-state index in [-0.39, 0.29) is 27.3 Å². The Hall–Kier alpha value is -1.73. The molecule has 0 spiro atoms. The van der Waals surface area contributed by atoms with Crippen molar-refractivity contribution < 1.29 is 9.18 Å². The molecule has 6 nitrogen and oxygen atoms in total. The molecule has 1 unspecified atom stereocenters. The molecule has 1 aliphatic rings. The van der Waals surface area contributed by atoms with Crippen molar-refractivity contribution in [2.24, 2.45) is 5.41 Å². The van der Waals surface area contributed by atoms with Gasteiger partial charge in [0.25, 0.3) is 0 Å². The lowest BCUT2D eigenvalue weighted by Crippen LogP contribution is -2.47. The number of pyridine rings is 1. The van der Waals surface area contributed by atoms with Crippen molar-refractivity contribution in [3.05, 3.63) is 22.5 Å². The lowest BCUT2D eigenvalue weighted by molar-refractivity contribution is -0.119. The molecule has 1 aliphatic heterocycles. The lowest BCUT2D eigenvalue weighted by atomic mass is 9.81. The normalized spacial score (nSPS) is 20.8. The first-order chi connectivity index (χ1) is 11.8. The summed E-state index contributed by atoms with van der Waals surface area (Å²) in [4.78, 5) is 25.4. The molecule has 134 valence electrons. The highest BCUT2D eigenvalue weighted by molar-refractivity contribution is 6.30. The number of piperidine rings is 1. The van der Waals surface area contributed by atoms with E-state index in [1.807, 2.05) is 4.90 Å². The van der Waals surface area contributed by atoms with E-state index in [1.165, 1.54) is 13.1 Å². The van der Waals surface area contributed by atoms with Crippen LogP contribution in [-0.4, -0.2) is 40.5 Å². The Kier molecular flexibility index (Phi) is 4.97. The Balaban J connectivity index is 1.98. The Morgan fingerprint density at radius 3 is 2.92 bits per heavy atom. The van der Waals surface area contributed by atoms with Crippen molar-refractivity contribution in [3.63, 3.8) is 0 Å². The van der Waals surface area contributed by atoms with Gasteiger partial charge in [-0.25, -0.2) is 14.4 Å². The molecule has 9 heteroatoms. The second-order valence-electron chi connectivity index (χ2n) is 6.69. The van der Waals surface area contributed by atoms with Crippen LogP contribution in [0.15, 0.2) is 6.20 Å². The SMILES string of the molecule is CC(=O)NCC1(C)CCCN(c2nc(Cl)nc3c(F)c(Cl)ncc23)C1. The molecule has 1 fully saturated rings. The smallest absolute Gasteiger partial charge is 0.225 e. The molecule has 0 aliphatic carbocycles. The third-order valence-corrected chi connectivity index (χ3v) is 4.87. The molecule has 1 amide bonds. The van der Waals surface area contributed by atoms with Gasteiger partial charge in [0.15, 0.2) is 11.0 Å². The predicted octanol–water partition coefficient (Wildman–Crippen LogP) is 3.21. The Labute approximate surface area is 154 Å². The fourth-order valence-corrected chi connectivity index (χ4v) is 3.52. The highest BCUT2D eigenvalue weighted by Gasteiger charge is 2.33. The molecule has 0 saturated carbocycles. The largest absolute Gasteiger partial charge is 0.356 e. The number of halogens is 3. The molecule has 0 bridgehead atoms. The standard InChI is InChI=1S/C16H18Cl2FN5O/c1-9(25)21-7-16(2)4-3-5-24(8-16)14-10-6-20-13(17)11(19)12(10)22-15(18)23-14/h6H,3-5,7-8H2,1-2H3,(H,21,25). The summed E-state index contributed by atoms with van der Waals surface area (Å²) in [6, 6.07) is 0. The van der Waals surface area contributed by atoms with E-state index in [1.54, 1.807) is 0 Å². The van der Waals surface area contributed by atoms with Crippen LogP contribution >= 0.6 is 23.2 Å². The number of nitrogens with zero attached hydrogens (tertiary/aromatic N) is 4. The predicted molar refractivity (Wildman–Crippen MR) is 95.5 cm³/mol. The number of aromatic nitrogens is 3. The maximum Gasteiger partial charge on any atom is 0.225 e. The Bertz CT molecular complexity index is 834. The fourth-order valence-electron chi connectivity index (χ4n) is 3.21. The summed E-state index contributed by atoms with van der Waals surface area (Å²) in [5.41, 5.74) is -0.0596. The maximum absolute atomic E-state index is 14.3. The summed E-state index contributed by atoms with van der Waals surface area (Å²) in [6.07, 6.45) is 3.36. The average Bonchev–Trinajstić information content (AvgIpc) is 2.56. The van der Waals surface area contributed by atoms with E-state index in [2.05, 4.69) is 27.2 Å². The summed E-state index contributed by atoms with van der Waals surface area (Å²) in [7, 11) is 0. The number of carbonyl (C=O) groups is 1. The van der Waals surface area contributed by atoms with Crippen LogP contribution in [0.5, 0.6) is 0 Å².